The Labute approximate surface area is 116 Å². The summed E-state index contributed by atoms with van der Waals surface area (Å²) in [6.45, 7) is 4.93. The molecular formula is C15H27N3O. The molecule has 0 spiro atoms. The fraction of sp³-hybridized carbons (Fsp3) is 0.733. The quantitative estimate of drug-likeness (QED) is 0.627. The molecule has 108 valence electrons. The Morgan fingerprint density at radius 3 is 2.32 bits per heavy atom. The summed E-state index contributed by atoms with van der Waals surface area (Å²) >= 11 is 0. The maximum absolute atomic E-state index is 9.32. The van der Waals surface area contributed by atoms with Crippen LogP contribution in [0.25, 0.3) is 0 Å². The molecule has 0 saturated carbocycles. The van der Waals surface area contributed by atoms with Crippen molar-refractivity contribution in [3.05, 3.63) is 11.9 Å². The monoisotopic (exact) mass is 265 g/mol. The summed E-state index contributed by atoms with van der Waals surface area (Å²) in [6.07, 6.45) is 12.0. The molecule has 0 atom stereocenters. The summed E-state index contributed by atoms with van der Waals surface area (Å²) in [5.74, 6) is 0.760. The van der Waals surface area contributed by atoms with E-state index >= 15 is 0 Å². The molecule has 1 heterocycles. The third kappa shape index (κ3) is 6.99. The number of aryl methyl sites for hydroxylation is 1. The lowest BCUT2D eigenvalue weighted by atomic mass is 10.1. The summed E-state index contributed by atoms with van der Waals surface area (Å²) in [7, 11) is 0. The average molecular weight is 265 g/mol. The van der Waals surface area contributed by atoms with Gasteiger partial charge in [-0.25, -0.2) is 9.97 Å². The van der Waals surface area contributed by atoms with Crippen LogP contribution in [0.4, 0.5) is 5.95 Å². The number of nitrogens with zero attached hydrogens (tertiary/aromatic N) is 2. The summed E-state index contributed by atoms with van der Waals surface area (Å²) in [5, 5.41) is 12.5. The number of hydrogen-bond donors (Lipinski definition) is 2. The van der Waals surface area contributed by atoms with Crippen LogP contribution in [-0.4, -0.2) is 21.6 Å². The molecular weight excluding hydrogens is 238 g/mol. The Balaban J connectivity index is 2.00. The highest BCUT2D eigenvalue weighted by Gasteiger charge is 2.00. The van der Waals surface area contributed by atoms with Gasteiger partial charge in [-0.05, 0) is 13.3 Å². The lowest BCUT2D eigenvalue weighted by Crippen LogP contribution is -2.05. The largest absolute Gasteiger partial charge is 0.504 e. The van der Waals surface area contributed by atoms with Crippen molar-refractivity contribution >= 4 is 5.95 Å². The first-order valence-electron chi connectivity index (χ1n) is 7.50. The molecule has 19 heavy (non-hydrogen) atoms. The van der Waals surface area contributed by atoms with Gasteiger partial charge in [-0.15, -0.1) is 0 Å². The van der Waals surface area contributed by atoms with Gasteiger partial charge in [0.1, 0.15) is 0 Å². The normalized spacial score (nSPS) is 10.6. The zero-order valence-corrected chi connectivity index (χ0v) is 12.3. The Kier molecular flexibility index (Phi) is 7.94. The SMILES string of the molecule is CCCCCCCCCCNc1ncc(O)c(C)n1. The Morgan fingerprint density at radius 2 is 1.68 bits per heavy atom. The summed E-state index contributed by atoms with van der Waals surface area (Å²) < 4.78 is 0. The minimum Gasteiger partial charge on any atom is -0.504 e. The number of anilines is 1. The van der Waals surface area contributed by atoms with E-state index in [1.54, 1.807) is 6.92 Å². The fourth-order valence-electron chi connectivity index (χ4n) is 2.00. The van der Waals surface area contributed by atoms with Crippen LogP contribution in [-0.2, 0) is 0 Å². The molecule has 0 aliphatic carbocycles. The van der Waals surface area contributed by atoms with Gasteiger partial charge < -0.3 is 10.4 Å². The molecule has 0 radical (unpaired) electrons. The number of rotatable bonds is 10. The molecule has 1 aromatic rings. The smallest absolute Gasteiger partial charge is 0.223 e. The van der Waals surface area contributed by atoms with Gasteiger partial charge in [-0.2, -0.15) is 0 Å². The van der Waals surface area contributed by atoms with Gasteiger partial charge in [0.2, 0.25) is 5.95 Å². The van der Waals surface area contributed by atoms with Crippen molar-refractivity contribution in [1.29, 1.82) is 0 Å². The lowest BCUT2D eigenvalue weighted by molar-refractivity contribution is 0.464. The van der Waals surface area contributed by atoms with Gasteiger partial charge in [-0.3, -0.25) is 0 Å². The number of unbranched alkanes of at least 4 members (excludes halogenated alkanes) is 7. The Hall–Kier alpha value is -1.32. The number of aromatic hydroxyl groups is 1. The molecule has 4 heteroatoms. The van der Waals surface area contributed by atoms with Crippen molar-refractivity contribution < 1.29 is 5.11 Å². The zero-order chi connectivity index (χ0) is 13.9. The minimum atomic E-state index is 0.151. The molecule has 2 N–H and O–H groups in total. The van der Waals surface area contributed by atoms with E-state index in [0.29, 0.717) is 11.6 Å². The van der Waals surface area contributed by atoms with Gasteiger partial charge >= 0.3 is 0 Å². The molecule has 0 fully saturated rings. The molecule has 0 aliphatic heterocycles. The molecule has 4 nitrogen and oxygen atoms in total. The first kappa shape index (κ1) is 15.7. The van der Waals surface area contributed by atoms with Crippen molar-refractivity contribution in [3.8, 4) is 5.75 Å². The third-order valence-corrected chi connectivity index (χ3v) is 3.27. The highest BCUT2D eigenvalue weighted by Crippen LogP contribution is 2.13. The maximum atomic E-state index is 9.32. The summed E-state index contributed by atoms with van der Waals surface area (Å²) in [6, 6.07) is 0. The minimum absolute atomic E-state index is 0.151. The van der Waals surface area contributed by atoms with Crippen LogP contribution in [0.15, 0.2) is 6.20 Å². The van der Waals surface area contributed by atoms with E-state index in [4.69, 9.17) is 0 Å². The maximum Gasteiger partial charge on any atom is 0.223 e. The molecule has 0 aromatic carbocycles. The second kappa shape index (κ2) is 9.59. The standard InChI is InChI=1S/C15H27N3O/c1-3-4-5-6-7-8-9-10-11-16-15-17-12-14(19)13(2)18-15/h12,19H,3-11H2,1-2H3,(H,16,17,18). The predicted octanol–water partition coefficient (Wildman–Crippen LogP) is 4.04. The van der Waals surface area contributed by atoms with E-state index in [1.807, 2.05) is 0 Å². The highest BCUT2D eigenvalue weighted by molar-refractivity contribution is 5.31. The van der Waals surface area contributed by atoms with Crippen LogP contribution in [0.3, 0.4) is 0 Å². The van der Waals surface area contributed by atoms with Crippen molar-refractivity contribution in [2.75, 3.05) is 11.9 Å². The number of aromatic nitrogens is 2. The fourth-order valence-corrected chi connectivity index (χ4v) is 2.00. The van der Waals surface area contributed by atoms with E-state index in [-0.39, 0.29) is 5.75 Å². The van der Waals surface area contributed by atoms with E-state index in [0.717, 1.165) is 13.0 Å². The van der Waals surface area contributed by atoms with Crippen molar-refractivity contribution in [3.63, 3.8) is 0 Å². The van der Waals surface area contributed by atoms with Crippen LogP contribution in [0.2, 0.25) is 0 Å². The molecule has 0 bridgehead atoms. The molecule has 0 aliphatic rings. The molecule has 0 saturated heterocycles. The van der Waals surface area contributed by atoms with E-state index in [1.165, 1.54) is 51.1 Å². The highest BCUT2D eigenvalue weighted by atomic mass is 16.3. The second-order valence-corrected chi connectivity index (χ2v) is 5.07. The van der Waals surface area contributed by atoms with E-state index in [9.17, 15) is 5.11 Å². The van der Waals surface area contributed by atoms with Gasteiger partial charge in [0, 0.05) is 6.54 Å². The molecule has 0 unspecified atom stereocenters. The average Bonchev–Trinajstić information content (AvgIpc) is 2.41. The third-order valence-electron chi connectivity index (χ3n) is 3.27. The Morgan fingerprint density at radius 1 is 1.05 bits per heavy atom. The number of nitrogens with one attached hydrogen (secondary N) is 1. The molecule has 1 aromatic heterocycles. The zero-order valence-electron chi connectivity index (χ0n) is 12.3. The van der Waals surface area contributed by atoms with E-state index < -0.39 is 0 Å². The van der Waals surface area contributed by atoms with Crippen molar-refractivity contribution in [2.45, 2.75) is 65.2 Å². The Bertz CT molecular complexity index is 355. The summed E-state index contributed by atoms with van der Waals surface area (Å²) in [5.41, 5.74) is 0.619. The first-order valence-corrected chi connectivity index (χ1v) is 7.50. The van der Waals surface area contributed by atoms with Crippen LogP contribution in [0.5, 0.6) is 5.75 Å². The molecule has 0 amide bonds. The van der Waals surface area contributed by atoms with Crippen molar-refractivity contribution in [2.24, 2.45) is 0 Å². The van der Waals surface area contributed by atoms with Gasteiger partial charge in [0.15, 0.2) is 5.75 Å². The predicted molar refractivity (Wildman–Crippen MR) is 79.5 cm³/mol. The van der Waals surface area contributed by atoms with Gasteiger partial charge in [0.05, 0.1) is 11.9 Å². The number of hydrogen-bond acceptors (Lipinski definition) is 4. The van der Waals surface area contributed by atoms with Crippen LogP contribution in [0.1, 0.15) is 64.0 Å². The first-order chi connectivity index (χ1) is 9.24. The van der Waals surface area contributed by atoms with Gasteiger partial charge in [0.25, 0.3) is 0 Å². The topological polar surface area (TPSA) is 58.0 Å². The van der Waals surface area contributed by atoms with Crippen LogP contribution >= 0.6 is 0 Å². The van der Waals surface area contributed by atoms with Gasteiger partial charge in [-0.1, -0.05) is 51.9 Å². The second-order valence-electron chi connectivity index (χ2n) is 5.07. The summed E-state index contributed by atoms with van der Waals surface area (Å²) in [4.78, 5) is 8.20. The molecule has 1 rings (SSSR count). The van der Waals surface area contributed by atoms with Crippen LogP contribution < -0.4 is 5.32 Å². The van der Waals surface area contributed by atoms with Crippen LogP contribution in [0, 0.1) is 6.92 Å². The van der Waals surface area contributed by atoms with E-state index in [2.05, 4.69) is 22.2 Å². The van der Waals surface area contributed by atoms with Crippen molar-refractivity contribution in [1.82, 2.24) is 9.97 Å². The lowest BCUT2D eigenvalue weighted by Gasteiger charge is -2.06.